The molecule has 0 aliphatic carbocycles. The van der Waals surface area contributed by atoms with E-state index in [1.165, 1.54) is 0 Å². The fourth-order valence-electron chi connectivity index (χ4n) is 2.64. The van der Waals surface area contributed by atoms with Gasteiger partial charge in [-0.15, -0.1) is 24.8 Å². The van der Waals surface area contributed by atoms with E-state index in [1.54, 1.807) is 0 Å². The van der Waals surface area contributed by atoms with Crippen LogP contribution in [-0.2, 0) is 11.3 Å². The number of hydrogen-bond donors (Lipinski definition) is 1. The smallest absolute Gasteiger partial charge is 0.208 e. The lowest BCUT2D eigenvalue weighted by Crippen LogP contribution is -2.50. The van der Waals surface area contributed by atoms with Gasteiger partial charge in [-0.25, -0.2) is 4.98 Å². The topological polar surface area (TPSA) is 50.5 Å². The molecule has 2 saturated heterocycles. The zero-order valence-electron chi connectivity index (χ0n) is 11.2. The predicted octanol–water partition coefficient (Wildman–Crippen LogP) is 1.31. The molecule has 2 fully saturated rings. The maximum absolute atomic E-state index is 5.74. The van der Waals surface area contributed by atoms with Crippen molar-refractivity contribution in [3.05, 3.63) is 17.3 Å². The van der Waals surface area contributed by atoms with Gasteiger partial charge in [0.25, 0.3) is 0 Å². The van der Waals surface area contributed by atoms with E-state index in [4.69, 9.17) is 9.15 Å². The Bertz CT molecular complexity index is 394. The monoisotopic (exact) mass is 309 g/mol. The van der Waals surface area contributed by atoms with Gasteiger partial charge in [-0.3, -0.25) is 4.90 Å². The van der Waals surface area contributed by atoms with Gasteiger partial charge in [-0.1, -0.05) is 0 Å². The van der Waals surface area contributed by atoms with Crippen molar-refractivity contribution in [1.29, 1.82) is 0 Å². The second-order valence-electron chi connectivity index (χ2n) is 4.85. The van der Waals surface area contributed by atoms with Crippen molar-refractivity contribution in [2.24, 2.45) is 0 Å². The predicted molar refractivity (Wildman–Crippen MR) is 77.3 cm³/mol. The van der Waals surface area contributed by atoms with Crippen LogP contribution in [-0.4, -0.2) is 48.3 Å². The second-order valence-corrected chi connectivity index (χ2v) is 4.85. The van der Waals surface area contributed by atoms with Crippen LogP contribution in [0.15, 0.2) is 4.42 Å². The lowest BCUT2D eigenvalue weighted by molar-refractivity contribution is -0.0525. The summed E-state index contributed by atoms with van der Waals surface area (Å²) in [5, 5.41) is 3.38. The largest absolute Gasteiger partial charge is 0.444 e. The third-order valence-electron chi connectivity index (χ3n) is 3.72. The quantitative estimate of drug-likeness (QED) is 0.892. The Kier molecular flexibility index (Phi) is 6.08. The lowest BCUT2D eigenvalue weighted by atomic mass is 10.1. The molecule has 0 aromatic carbocycles. The van der Waals surface area contributed by atoms with Crippen molar-refractivity contribution in [2.75, 3.05) is 26.2 Å². The molecule has 2 aliphatic heterocycles. The van der Waals surface area contributed by atoms with Gasteiger partial charge in [0.2, 0.25) is 5.89 Å². The van der Waals surface area contributed by atoms with Crippen LogP contribution in [0, 0.1) is 13.8 Å². The summed E-state index contributed by atoms with van der Waals surface area (Å²) in [6.45, 7) is 8.48. The van der Waals surface area contributed by atoms with Gasteiger partial charge in [0.05, 0.1) is 31.0 Å². The van der Waals surface area contributed by atoms with Gasteiger partial charge in [-0.05, 0) is 13.8 Å². The van der Waals surface area contributed by atoms with E-state index < -0.39 is 0 Å². The number of ether oxygens (including phenoxy) is 1. The first-order chi connectivity index (χ1) is 8.24. The molecule has 5 nitrogen and oxygen atoms in total. The van der Waals surface area contributed by atoms with Gasteiger partial charge in [0.1, 0.15) is 5.76 Å². The fraction of sp³-hybridized carbons (Fsp3) is 0.750. The molecule has 0 unspecified atom stereocenters. The Morgan fingerprint density at radius 2 is 2.11 bits per heavy atom. The molecule has 19 heavy (non-hydrogen) atoms. The van der Waals surface area contributed by atoms with E-state index in [0.29, 0.717) is 12.1 Å². The third-order valence-corrected chi connectivity index (χ3v) is 3.72. The molecule has 7 heteroatoms. The number of fused-ring (bicyclic) bond motifs is 1. The summed E-state index contributed by atoms with van der Waals surface area (Å²) in [6.07, 6.45) is 0.334. The molecule has 2 atom stereocenters. The molecule has 0 radical (unpaired) electrons. The minimum Gasteiger partial charge on any atom is -0.444 e. The van der Waals surface area contributed by atoms with Crippen LogP contribution in [0.3, 0.4) is 0 Å². The molecule has 0 bridgehead atoms. The lowest BCUT2D eigenvalue weighted by Gasteiger charge is -2.36. The number of aryl methyl sites for hydroxylation is 2. The van der Waals surface area contributed by atoms with Crippen molar-refractivity contribution in [3.8, 4) is 0 Å². The maximum Gasteiger partial charge on any atom is 0.208 e. The summed E-state index contributed by atoms with van der Waals surface area (Å²) in [5.74, 6) is 1.75. The number of hydrogen-bond acceptors (Lipinski definition) is 5. The Hall–Kier alpha value is -0.330. The first kappa shape index (κ1) is 16.7. The second kappa shape index (κ2) is 6.90. The van der Waals surface area contributed by atoms with Gasteiger partial charge in [-0.2, -0.15) is 0 Å². The number of aromatic nitrogens is 1. The Balaban J connectivity index is 0.000000902. The van der Waals surface area contributed by atoms with E-state index in [-0.39, 0.29) is 24.8 Å². The molecule has 0 amide bonds. The van der Waals surface area contributed by atoms with Gasteiger partial charge in [0, 0.05) is 19.6 Å². The number of morpholine rings is 1. The zero-order valence-corrected chi connectivity index (χ0v) is 12.9. The van der Waals surface area contributed by atoms with E-state index in [9.17, 15) is 0 Å². The number of halogens is 2. The van der Waals surface area contributed by atoms with E-state index in [0.717, 1.165) is 50.1 Å². The molecule has 2 aliphatic rings. The highest BCUT2D eigenvalue weighted by molar-refractivity contribution is 5.85. The first-order valence-electron chi connectivity index (χ1n) is 6.23. The average molecular weight is 310 g/mol. The van der Waals surface area contributed by atoms with Crippen molar-refractivity contribution in [1.82, 2.24) is 15.2 Å². The fourth-order valence-corrected chi connectivity index (χ4v) is 2.64. The first-order valence-corrected chi connectivity index (χ1v) is 6.23. The molecule has 3 rings (SSSR count). The number of nitrogens with zero attached hydrogens (tertiary/aromatic N) is 2. The number of oxazole rings is 1. The van der Waals surface area contributed by atoms with Crippen LogP contribution in [0.25, 0.3) is 0 Å². The standard InChI is InChI=1S/C12H19N3O2.2ClH/c1-8-9(2)17-12(14-8)7-15-3-4-16-11-6-13-5-10(11)15;;/h10-11,13H,3-7H2,1-2H3;2*1H/t10-,11+;;/m1../s1. The molecule has 110 valence electrons. The summed E-state index contributed by atoms with van der Waals surface area (Å²) < 4.78 is 11.4. The molecule has 1 aromatic rings. The molecule has 0 saturated carbocycles. The van der Waals surface area contributed by atoms with Crippen LogP contribution in [0.4, 0.5) is 0 Å². The highest BCUT2D eigenvalue weighted by atomic mass is 35.5. The summed E-state index contributed by atoms with van der Waals surface area (Å²) in [4.78, 5) is 6.86. The molecule has 0 spiro atoms. The molecule has 1 aromatic heterocycles. The molecular formula is C12H21Cl2N3O2. The van der Waals surface area contributed by atoms with Crippen molar-refractivity contribution >= 4 is 24.8 Å². The Labute approximate surface area is 125 Å². The van der Waals surface area contributed by atoms with Crippen molar-refractivity contribution < 1.29 is 9.15 Å². The van der Waals surface area contributed by atoms with Gasteiger partial charge < -0.3 is 14.5 Å². The number of nitrogens with one attached hydrogen (secondary N) is 1. The maximum atomic E-state index is 5.74. The van der Waals surface area contributed by atoms with E-state index >= 15 is 0 Å². The number of rotatable bonds is 2. The van der Waals surface area contributed by atoms with E-state index in [2.05, 4.69) is 15.2 Å². The summed E-state index contributed by atoms with van der Waals surface area (Å²) >= 11 is 0. The van der Waals surface area contributed by atoms with Gasteiger partial charge in [0.15, 0.2) is 0 Å². The molecule has 3 heterocycles. The normalized spacial score (nSPS) is 26.4. The molecular weight excluding hydrogens is 289 g/mol. The minimum absolute atomic E-state index is 0. The van der Waals surface area contributed by atoms with Crippen molar-refractivity contribution in [2.45, 2.75) is 32.5 Å². The summed E-state index contributed by atoms with van der Waals surface area (Å²) in [5.41, 5.74) is 0.995. The zero-order chi connectivity index (χ0) is 11.8. The Morgan fingerprint density at radius 3 is 2.79 bits per heavy atom. The minimum atomic E-state index is 0. The highest BCUT2D eigenvalue weighted by Gasteiger charge is 2.36. The molecule has 1 N–H and O–H groups in total. The Morgan fingerprint density at radius 1 is 1.32 bits per heavy atom. The average Bonchev–Trinajstić information content (AvgIpc) is 2.87. The van der Waals surface area contributed by atoms with Crippen LogP contribution >= 0.6 is 24.8 Å². The van der Waals surface area contributed by atoms with Crippen LogP contribution < -0.4 is 5.32 Å². The van der Waals surface area contributed by atoms with Gasteiger partial charge >= 0.3 is 0 Å². The van der Waals surface area contributed by atoms with E-state index in [1.807, 2.05) is 13.8 Å². The van der Waals surface area contributed by atoms with Crippen LogP contribution in [0.1, 0.15) is 17.3 Å². The summed E-state index contributed by atoms with van der Waals surface area (Å²) in [7, 11) is 0. The SMILES string of the molecule is Cc1nc(CN2CCO[C@H]3CNC[C@H]32)oc1C.Cl.Cl. The third kappa shape index (κ3) is 3.41. The van der Waals surface area contributed by atoms with Crippen LogP contribution in [0.2, 0.25) is 0 Å². The van der Waals surface area contributed by atoms with Crippen molar-refractivity contribution in [3.63, 3.8) is 0 Å². The summed E-state index contributed by atoms with van der Waals surface area (Å²) in [6, 6.07) is 0.469. The van der Waals surface area contributed by atoms with Crippen LogP contribution in [0.5, 0.6) is 0 Å². The highest BCUT2D eigenvalue weighted by Crippen LogP contribution is 2.20.